The summed E-state index contributed by atoms with van der Waals surface area (Å²) < 4.78 is 20.8. The molecule has 0 aliphatic rings. The van der Waals surface area contributed by atoms with Gasteiger partial charge in [0.25, 0.3) is 0 Å². The molecule has 0 saturated carbocycles. The van der Waals surface area contributed by atoms with Crippen LogP contribution in [0.4, 0.5) is 0 Å². The molecule has 1 aromatic rings. The molecule has 0 amide bonds. The normalized spacial score (nSPS) is 11.8. The second-order valence-electron chi connectivity index (χ2n) is 2.04. The molecular formula is C7H7O3SW-. The molecule has 1 rings (SSSR count). The van der Waals surface area contributed by atoms with Crippen LogP contribution in [-0.2, 0) is 38.8 Å². The van der Waals surface area contributed by atoms with Crippen LogP contribution in [0.15, 0.2) is 29.2 Å². The molecule has 1 atom stereocenters. The van der Waals surface area contributed by atoms with E-state index in [0.717, 1.165) is 0 Å². The molecule has 66 valence electrons. The first-order chi connectivity index (χ1) is 5.24. The summed E-state index contributed by atoms with van der Waals surface area (Å²) in [5.74, 6) is 0. The fourth-order valence-corrected chi connectivity index (χ4v) is 1.18. The van der Waals surface area contributed by atoms with Gasteiger partial charge in [0.1, 0.15) is 0 Å². The number of hydrogen-bond acceptors (Lipinski definition) is 3. The van der Waals surface area contributed by atoms with Crippen LogP contribution < -0.4 is 0 Å². The van der Waals surface area contributed by atoms with Crippen molar-refractivity contribution < 1.29 is 34.9 Å². The summed E-state index contributed by atoms with van der Waals surface area (Å²) in [7, 11) is 0. The van der Waals surface area contributed by atoms with Crippen molar-refractivity contribution in [3.05, 3.63) is 29.8 Å². The van der Waals surface area contributed by atoms with Crippen LogP contribution in [-0.4, -0.2) is 13.9 Å². The molecule has 0 radical (unpaired) electrons. The molecular weight excluding hydrogens is 348 g/mol. The van der Waals surface area contributed by atoms with Crippen molar-refractivity contribution in [1.29, 1.82) is 0 Å². The van der Waals surface area contributed by atoms with E-state index >= 15 is 0 Å². The third-order valence-corrected chi connectivity index (χ3v) is 1.91. The van der Waals surface area contributed by atoms with E-state index in [2.05, 4.69) is 0 Å². The van der Waals surface area contributed by atoms with Crippen molar-refractivity contribution in [3.63, 3.8) is 0 Å². The fourth-order valence-electron chi connectivity index (χ4n) is 0.748. The maximum absolute atomic E-state index is 10.4. The first kappa shape index (κ1) is 12.0. The maximum Gasteiger partial charge on any atom is 0.0682 e. The topological polar surface area (TPSA) is 60.4 Å². The minimum atomic E-state index is -2.20. The Labute approximate surface area is 87.4 Å². The van der Waals surface area contributed by atoms with Crippen LogP contribution in [0.2, 0.25) is 0 Å². The van der Waals surface area contributed by atoms with Gasteiger partial charge in [0.15, 0.2) is 0 Å². The Morgan fingerprint density at radius 2 is 2.17 bits per heavy atom. The average Bonchev–Trinajstić information content (AvgIpc) is 2.05. The zero-order chi connectivity index (χ0) is 8.27. The van der Waals surface area contributed by atoms with E-state index in [1.165, 1.54) is 12.1 Å². The van der Waals surface area contributed by atoms with Crippen molar-refractivity contribution in [2.45, 2.75) is 11.5 Å². The molecule has 1 aromatic carbocycles. The van der Waals surface area contributed by atoms with Crippen molar-refractivity contribution in [1.82, 2.24) is 0 Å². The Balaban J connectivity index is 0.00000121. The van der Waals surface area contributed by atoms with Crippen LogP contribution >= 0.6 is 0 Å². The predicted molar refractivity (Wildman–Crippen MR) is 39.6 cm³/mol. The van der Waals surface area contributed by atoms with Crippen molar-refractivity contribution >= 4 is 11.1 Å². The molecule has 0 bridgehead atoms. The summed E-state index contributed by atoms with van der Waals surface area (Å²) in [5.41, 5.74) is 0.603. The van der Waals surface area contributed by atoms with Gasteiger partial charge in [-0.05, 0) is 28.8 Å². The van der Waals surface area contributed by atoms with Gasteiger partial charge in [-0.1, -0.05) is 12.1 Å². The third kappa shape index (κ3) is 3.15. The van der Waals surface area contributed by atoms with Crippen LogP contribution in [0.5, 0.6) is 0 Å². The summed E-state index contributed by atoms with van der Waals surface area (Å²) in [4.78, 5) is 0.205. The molecule has 1 N–H and O–H groups in total. The third-order valence-electron chi connectivity index (χ3n) is 1.27. The van der Waals surface area contributed by atoms with Crippen molar-refractivity contribution in [2.75, 3.05) is 0 Å². The van der Waals surface area contributed by atoms with E-state index in [0.29, 0.717) is 5.56 Å². The molecule has 0 saturated heterocycles. The minimum Gasteiger partial charge on any atom is -0.768 e. The number of aliphatic hydroxyl groups excluding tert-OH is 1. The van der Waals surface area contributed by atoms with E-state index in [4.69, 9.17) is 5.11 Å². The number of benzene rings is 1. The number of hydrogen-bond donors (Lipinski definition) is 1. The van der Waals surface area contributed by atoms with Gasteiger partial charge in [-0.25, -0.2) is 0 Å². The number of aliphatic hydroxyl groups is 1. The monoisotopic (exact) mass is 355 g/mol. The molecule has 0 aliphatic heterocycles. The van der Waals surface area contributed by atoms with Gasteiger partial charge in [-0.15, -0.1) is 0 Å². The first-order valence-corrected chi connectivity index (χ1v) is 4.10. The van der Waals surface area contributed by atoms with Gasteiger partial charge in [0.2, 0.25) is 0 Å². The fraction of sp³-hybridized carbons (Fsp3) is 0.143. The quantitative estimate of drug-likeness (QED) is 0.783. The zero-order valence-electron chi connectivity index (χ0n) is 6.10. The molecule has 5 heteroatoms. The Morgan fingerprint density at radius 3 is 2.67 bits per heavy atom. The summed E-state index contributed by atoms with van der Waals surface area (Å²) in [6.07, 6.45) is 0. The Bertz CT molecular complexity index is 277. The van der Waals surface area contributed by atoms with Gasteiger partial charge in [-0.2, -0.15) is 0 Å². The van der Waals surface area contributed by atoms with Crippen molar-refractivity contribution in [2.24, 2.45) is 0 Å². The molecule has 3 nitrogen and oxygen atoms in total. The SMILES string of the molecule is O=S([O-])c1cccc(CO)c1.[W]. The second kappa shape index (κ2) is 5.59. The van der Waals surface area contributed by atoms with E-state index in [1.807, 2.05) is 0 Å². The van der Waals surface area contributed by atoms with Gasteiger partial charge >= 0.3 is 0 Å². The van der Waals surface area contributed by atoms with Gasteiger partial charge < -0.3 is 9.66 Å². The summed E-state index contributed by atoms with van der Waals surface area (Å²) in [6.45, 7) is -0.134. The van der Waals surface area contributed by atoms with E-state index < -0.39 is 11.1 Å². The molecule has 0 aromatic heterocycles. The maximum atomic E-state index is 10.4. The van der Waals surface area contributed by atoms with Crippen molar-refractivity contribution in [3.8, 4) is 0 Å². The molecule has 0 heterocycles. The van der Waals surface area contributed by atoms with Gasteiger partial charge in [0.05, 0.1) is 6.61 Å². The number of rotatable bonds is 2. The first-order valence-electron chi connectivity index (χ1n) is 3.03. The Morgan fingerprint density at radius 1 is 1.50 bits per heavy atom. The summed E-state index contributed by atoms with van der Waals surface area (Å²) >= 11 is -2.20. The van der Waals surface area contributed by atoms with E-state index in [-0.39, 0.29) is 32.6 Å². The summed E-state index contributed by atoms with van der Waals surface area (Å²) in [6, 6.07) is 6.17. The second-order valence-corrected chi connectivity index (χ2v) is 2.98. The Hall–Kier alpha value is -0.0217. The molecule has 0 fully saturated rings. The zero-order valence-corrected chi connectivity index (χ0v) is 9.85. The Kier molecular flexibility index (Phi) is 5.58. The standard InChI is InChI=1S/C7H8O3S.W/c8-5-6-2-1-3-7(4-6)11(9)10;/h1-4,8H,5H2,(H,9,10);/p-1. The molecule has 0 aliphatic carbocycles. The largest absolute Gasteiger partial charge is 0.768 e. The van der Waals surface area contributed by atoms with E-state index in [1.54, 1.807) is 12.1 Å². The average molecular weight is 355 g/mol. The van der Waals surface area contributed by atoms with Crippen LogP contribution in [0, 0.1) is 0 Å². The van der Waals surface area contributed by atoms with E-state index in [9.17, 15) is 8.76 Å². The van der Waals surface area contributed by atoms with Crippen LogP contribution in [0.3, 0.4) is 0 Å². The molecule has 1 unspecified atom stereocenters. The predicted octanol–water partition coefficient (Wildman–Crippen LogP) is 0.414. The smallest absolute Gasteiger partial charge is 0.0682 e. The summed E-state index contributed by atoms with van der Waals surface area (Å²) in [5, 5.41) is 8.64. The molecule has 0 spiro atoms. The van der Waals surface area contributed by atoms with Crippen LogP contribution in [0.1, 0.15) is 5.56 Å². The molecule has 12 heavy (non-hydrogen) atoms. The van der Waals surface area contributed by atoms with Gasteiger partial charge in [-0.3, -0.25) is 4.21 Å². The minimum absolute atomic E-state index is 0. The van der Waals surface area contributed by atoms with Gasteiger partial charge in [0, 0.05) is 26.0 Å². The van der Waals surface area contributed by atoms with Crippen LogP contribution in [0.25, 0.3) is 0 Å².